The van der Waals surface area contributed by atoms with Gasteiger partial charge in [0.25, 0.3) is 0 Å². The van der Waals surface area contributed by atoms with Crippen molar-refractivity contribution in [2.24, 2.45) is 0 Å². The van der Waals surface area contributed by atoms with Crippen LogP contribution in [0.1, 0.15) is 13.8 Å². The Hall–Kier alpha value is -0.520. The number of nitrogens with one attached hydrogen (secondary N) is 1. The quantitative estimate of drug-likeness (QED) is 0.687. The number of halogens is 2. The third-order valence-electron chi connectivity index (χ3n) is 2.44. The Morgan fingerprint density at radius 2 is 2.05 bits per heavy atom. The van der Waals surface area contributed by atoms with Crippen molar-refractivity contribution in [2.75, 3.05) is 26.3 Å². The van der Waals surface area contributed by atoms with E-state index < -0.39 is 6.10 Å². The Morgan fingerprint density at radius 1 is 1.30 bits per heavy atom. The molecule has 0 radical (unpaired) electrons. The molecule has 2 N–H and O–H groups in total. The van der Waals surface area contributed by atoms with E-state index in [0.29, 0.717) is 35.5 Å². The van der Waals surface area contributed by atoms with Crippen molar-refractivity contribution in [3.8, 4) is 5.75 Å². The maximum absolute atomic E-state index is 9.77. The monoisotopic (exact) mass is 321 g/mol. The molecule has 0 saturated carbocycles. The molecule has 0 heterocycles. The summed E-state index contributed by atoms with van der Waals surface area (Å²) in [6.45, 7) is 5.88. The molecule has 1 rings (SSSR count). The van der Waals surface area contributed by atoms with Crippen LogP contribution in [0.15, 0.2) is 18.2 Å². The predicted molar refractivity (Wildman–Crippen MR) is 81.9 cm³/mol. The molecule has 20 heavy (non-hydrogen) atoms. The molecule has 0 aromatic heterocycles. The Bertz CT molecular complexity index is 402. The number of ether oxygens (including phenoxy) is 2. The summed E-state index contributed by atoms with van der Waals surface area (Å²) in [5.74, 6) is 0.512. The second-order valence-electron chi connectivity index (χ2n) is 4.66. The van der Waals surface area contributed by atoms with Crippen molar-refractivity contribution in [2.45, 2.75) is 26.1 Å². The van der Waals surface area contributed by atoms with Crippen LogP contribution in [0.3, 0.4) is 0 Å². The lowest BCUT2D eigenvalue weighted by molar-refractivity contribution is 0.0735. The van der Waals surface area contributed by atoms with E-state index in [9.17, 15) is 5.11 Å². The van der Waals surface area contributed by atoms with Gasteiger partial charge < -0.3 is 19.9 Å². The van der Waals surface area contributed by atoms with Crippen LogP contribution in [0.2, 0.25) is 10.0 Å². The van der Waals surface area contributed by atoms with Crippen molar-refractivity contribution in [1.82, 2.24) is 5.32 Å². The van der Waals surface area contributed by atoms with Crippen LogP contribution in [-0.4, -0.2) is 43.6 Å². The SMILES string of the molecule is CC(C)OCCNCC(O)COc1ccc(Cl)cc1Cl. The number of benzene rings is 1. The Balaban J connectivity index is 2.18. The molecule has 0 fully saturated rings. The van der Waals surface area contributed by atoms with E-state index in [4.69, 9.17) is 32.7 Å². The first-order valence-electron chi connectivity index (χ1n) is 6.57. The van der Waals surface area contributed by atoms with Gasteiger partial charge in [0.2, 0.25) is 0 Å². The average molecular weight is 322 g/mol. The van der Waals surface area contributed by atoms with Crippen LogP contribution in [0.4, 0.5) is 0 Å². The highest BCUT2D eigenvalue weighted by Gasteiger charge is 2.07. The highest BCUT2D eigenvalue weighted by Crippen LogP contribution is 2.27. The summed E-state index contributed by atoms with van der Waals surface area (Å²) >= 11 is 11.8. The second-order valence-corrected chi connectivity index (χ2v) is 5.51. The summed E-state index contributed by atoms with van der Waals surface area (Å²) in [7, 11) is 0. The summed E-state index contributed by atoms with van der Waals surface area (Å²) in [6.07, 6.45) is -0.391. The summed E-state index contributed by atoms with van der Waals surface area (Å²) in [6, 6.07) is 4.98. The molecule has 1 unspecified atom stereocenters. The van der Waals surface area contributed by atoms with E-state index in [0.717, 1.165) is 0 Å². The van der Waals surface area contributed by atoms with E-state index in [2.05, 4.69) is 5.32 Å². The molecule has 4 nitrogen and oxygen atoms in total. The molecule has 1 aromatic rings. The van der Waals surface area contributed by atoms with Crippen molar-refractivity contribution in [3.63, 3.8) is 0 Å². The molecule has 0 saturated heterocycles. The molecule has 0 amide bonds. The molecule has 6 heteroatoms. The Morgan fingerprint density at radius 3 is 2.70 bits per heavy atom. The smallest absolute Gasteiger partial charge is 0.138 e. The van der Waals surface area contributed by atoms with Gasteiger partial charge in [0, 0.05) is 18.1 Å². The topological polar surface area (TPSA) is 50.7 Å². The van der Waals surface area contributed by atoms with Crippen LogP contribution >= 0.6 is 23.2 Å². The standard InChI is InChI=1S/C14H21Cl2NO3/c1-10(2)19-6-5-17-8-12(18)9-20-14-4-3-11(15)7-13(14)16/h3-4,7,10,12,17-18H,5-6,8-9H2,1-2H3. The van der Waals surface area contributed by atoms with Gasteiger partial charge in [0.15, 0.2) is 0 Å². The molecule has 0 aliphatic carbocycles. The van der Waals surface area contributed by atoms with Gasteiger partial charge in [-0.15, -0.1) is 0 Å². The molecule has 1 atom stereocenters. The second kappa shape index (κ2) is 9.42. The summed E-state index contributed by atoms with van der Waals surface area (Å²) in [4.78, 5) is 0. The van der Waals surface area contributed by atoms with E-state index in [1.807, 2.05) is 13.8 Å². The molecule has 114 valence electrons. The van der Waals surface area contributed by atoms with E-state index >= 15 is 0 Å². The normalized spacial score (nSPS) is 12.7. The van der Waals surface area contributed by atoms with Crippen LogP contribution in [0, 0.1) is 0 Å². The van der Waals surface area contributed by atoms with Gasteiger partial charge in [-0.25, -0.2) is 0 Å². The third-order valence-corrected chi connectivity index (χ3v) is 2.97. The summed E-state index contributed by atoms with van der Waals surface area (Å²) in [5, 5.41) is 13.8. The first-order valence-corrected chi connectivity index (χ1v) is 7.33. The van der Waals surface area contributed by atoms with Crippen LogP contribution < -0.4 is 10.1 Å². The number of hydrogen-bond acceptors (Lipinski definition) is 4. The fraction of sp³-hybridized carbons (Fsp3) is 0.571. The maximum atomic E-state index is 9.77. The van der Waals surface area contributed by atoms with Crippen LogP contribution in [0.5, 0.6) is 5.75 Å². The first-order chi connectivity index (χ1) is 9.49. The predicted octanol–water partition coefficient (Wildman–Crippen LogP) is 2.75. The lowest BCUT2D eigenvalue weighted by Gasteiger charge is -2.14. The first kappa shape index (κ1) is 17.5. The fourth-order valence-electron chi connectivity index (χ4n) is 1.47. The van der Waals surface area contributed by atoms with E-state index in [1.54, 1.807) is 18.2 Å². The van der Waals surface area contributed by atoms with Crippen molar-refractivity contribution in [3.05, 3.63) is 28.2 Å². The van der Waals surface area contributed by atoms with E-state index in [1.165, 1.54) is 0 Å². The van der Waals surface area contributed by atoms with E-state index in [-0.39, 0.29) is 12.7 Å². The number of aliphatic hydroxyl groups is 1. The lowest BCUT2D eigenvalue weighted by Crippen LogP contribution is -2.33. The van der Waals surface area contributed by atoms with Gasteiger partial charge in [-0.05, 0) is 32.0 Å². The molecule has 0 spiro atoms. The molecular formula is C14H21Cl2NO3. The van der Waals surface area contributed by atoms with Crippen LogP contribution in [0.25, 0.3) is 0 Å². The zero-order valence-electron chi connectivity index (χ0n) is 11.7. The number of hydrogen-bond donors (Lipinski definition) is 2. The highest BCUT2D eigenvalue weighted by atomic mass is 35.5. The van der Waals surface area contributed by atoms with Crippen molar-refractivity contribution in [1.29, 1.82) is 0 Å². The van der Waals surface area contributed by atoms with Crippen molar-refractivity contribution >= 4 is 23.2 Å². The minimum Gasteiger partial charge on any atom is -0.489 e. The van der Waals surface area contributed by atoms with Gasteiger partial charge in [-0.2, -0.15) is 0 Å². The van der Waals surface area contributed by atoms with Gasteiger partial charge in [0.1, 0.15) is 18.5 Å². The van der Waals surface area contributed by atoms with Gasteiger partial charge in [0.05, 0.1) is 17.7 Å². The Kier molecular flexibility index (Phi) is 8.26. The van der Waals surface area contributed by atoms with Gasteiger partial charge in [-0.1, -0.05) is 23.2 Å². The largest absolute Gasteiger partial charge is 0.489 e. The minimum atomic E-state index is -0.610. The molecular weight excluding hydrogens is 301 g/mol. The lowest BCUT2D eigenvalue weighted by atomic mass is 10.3. The summed E-state index contributed by atoms with van der Waals surface area (Å²) < 4.78 is 10.8. The molecule has 0 aliphatic heterocycles. The zero-order valence-corrected chi connectivity index (χ0v) is 13.2. The van der Waals surface area contributed by atoms with Crippen LogP contribution in [-0.2, 0) is 4.74 Å². The summed E-state index contributed by atoms with van der Waals surface area (Å²) in [5.41, 5.74) is 0. The average Bonchev–Trinajstić information content (AvgIpc) is 2.37. The fourth-order valence-corrected chi connectivity index (χ4v) is 1.94. The van der Waals surface area contributed by atoms with Gasteiger partial charge in [-0.3, -0.25) is 0 Å². The number of aliphatic hydroxyl groups excluding tert-OH is 1. The minimum absolute atomic E-state index is 0.166. The molecule has 0 aliphatic rings. The van der Waals surface area contributed by atoms with Crippen molar-refractivity contribution < 1.29 is 14.6 Å². The highest BCUT2D eigenvalue weighted by molar-refractivity contribution is 6.35. The molecule has 1 aromatic carbocycles. The number of rotatable bonds is 9. The zero-order chi connectivity index (χ0) is 15.0. The third kappa shape index (κ3) is 7.31. The molecule has 0 bridgehead atoms. The maximum Gasteiger partial charge on any atom is 0.138 e. The van der Waals surface area contributed by atoms with Gasteiger partial charge >= 0.3 is 0 Å². The Labute approximate surface area is 130 Å².